The Morgan fingerprint density at radius 1 is 1.00 bits per heavy atom. The van der Waals surface area contributed by atoms with Crippen LogP contribution in [0.5, 0.6) is 5.75 Å². The maximum atomic E-state index is 14.0. The molecule has 0 amide bonds. The topological polar surface area (TPSA) is 68.1 Å². The first-order valence-corrected chi connectivity index (χ1v) is 16.2. The molecule has 2 aliphatic heterocycles. The van der Waals surface area contributed by atoms with E-state index >= 15 is 0 Å². The molecule has 2 aliphatic rings. The largest absolute Gasteiger partial charge is 0.508 e. The molecule has 3 aromatic rings. The Kier molecular flexibility index (Phi) is 10.2. The zero-order chi connectivity index (χ0) is 31.4. The van der Waals surface area contributed by atoms with Crippen molar-refractivity contribution < 1.29 is 13.9 Å². The van der Waals surface area contributed by atoms with E-state index in [2.05, 4.69) is 47.9 Å². The zero-order valence-electron chi connectivity index (χ0n) is 26.7. The molecule has 3 heterocycles. The molecule has 1 N–H and O–H groups in total. The van der Waals surface area contributed by atoms with Gasteiger partial charge in [-0.15, -0.1) is 0 Å². The van der Waals surface area contributed by atoms with Gasteiger partial charge in [-0.2, -0.15) is 0 Å². The molecule has 0 aliphatic carbocycles. The van der Waals surface area contributed by atoms with Crippen molar-refractivity contribution in [3.05, 3.63) is 64.2 Å². The minimum absolute atomic E-state index is 0.0241. The predicted octanol–water partition coefficient (Wildman–Crippen LogP) is 5.29. The van der Waals surface area contributed by atoms with E-state index < -0.39 is 6.43 Å². The van der Waals surface area contributed by atoms with Crippen LogP contribution in [0, 0.1) is 0 Å². The lowest BCUT2D eigenvalue weighted by Crippen LogP contribution is -2.50. The summed E-state index contributed by atoms with van der Waals surface area (Å²) in [7, 11) is 4.20. The van der Waals surface area contributed by atoms with Crippen LogP contribution in [0.3, 0.4) is 0 Å². The lowest BCUT2D eigenvalue weighted by Gasteiger charge is -2.47. The number of aromatic hydroxyl groups is 1. The highest BCUT2D eigenvalue weighted by molar-refractivity contribution is 5.82. The fourth-order valence-corrected chi connectivity index (χ4v) is 7.34. The molecule has 44 heavy (non-hydrogen) atoms. The molecule has 1 aromatic heterocycles. The first kappa shape index (κ1) is 32.3. The number of alkyl halides is 2. The summed E-state index contributed by atoms with van der Waals surface area (Å²) in [5.41, 5.74) is 2.65. The molecular weight excluding hydrogens is 562 g/mol. The number of rotatable bonds is 10. The maximum absolute atomic E-state index is 14.0. The van der Waals surface area contributed by atoms with Crippen molar-refractivity contribution in [1.82, 2.24) is 24.3 Å². The predicted molar refractivity (Wildman–Crippen MR) is 173 cm³/mol. The van der Waals surface area contributed by atoms with Gasteiger partial charge < -0.3 is 10.0 Å². The first-order valence-electron chi connectivity index (χ1n) is 16.2. The van der Waals surface area contributed by atoms with Crippen molar-refractivity contribution >= 4 is 16.6 Å². The number of piperidine rings is 1. The molecule has 2 saturated heterocycles. The van der Waals surface area contributed by atoms with E-state index in [4.69, 9.17) is 4.98 Å². The Bertz CT molecular complexity index is 1470. The third-order valence-corrected chi connectivity index (χ3v) is 9.80. The first-order chi connectivity index (χ1) is 21.2. The van der Waals surface area contributed by atoms with Crippen molar-refractivity contribution in [2.75, 3.05) is 64.8 Å². The highest BCUT2D eigenvalue weighted by Crippen LogP contribution is 2.40. The summed E-state index contributed by atoms with van der Waals surface area (Å²) in [6.45, 7) is 8.84. The SMILES string of the molecule is CCCC(c1nc2ccc(N3CCC(c4cccc(O)c4)(N(C)C)CC3)cc2c(=O)n1CC)N1CCCN(CC(F)F)CC1. The van der Waals surface area contributed by atoms with Crippen molar-refractivity contribution in [3.63, 3.8) is 0 Å². The van der Waals surface area contributed by atoms with Crippen LogP contribution in [0.4, 0.5) is 14.5 Å². The number of phenols is 1. The molecule has 0 saturated carbocycles. The number of aromatic nitrogens is 2. The molecule has 240 valence electrons. The van der Waals surface area contributed by atoms with Gasteiger partial charge in [-0.1, -0.05) is 25.5 Å². The second kappa shape index (κ2) is 13.9. The van der Waals surface area contributed by atoms with Gasteiger partial charge in [0.15, 0.2) is 0 Å². The van der Waals surface area contributed by atoms with E-state index in [-0.39, 0.29) is 29.4 Å². The van der Waals surface area contributed by atoms with Crippen molar-refractivity contribution in [3.8, 4) is 5.75 Å². The van der Waals surface area contributed by atoms with Crippen LogP contribution in [0.1, 0.15) is 63.4 Å². The molecule has 2 fully saturated rings. The second-order valence-electron chi connectivity index (χ2n) is 12.6. The smallest absolute Gasteiger partial charge is 0.261 e. The fourth-order valence-electron chi connectivity index (χ4n) is 7.34. The maximum Gasteiger partial charge on any atom is 0.261 e. The minimum Gasteiger partial charge on any atom is -0.508 e. The molecule has 1 atom stereocenters. The summed E-state index contributed by atoms with van der Waals surface area (Å²) in [6, 6.07) is 13.6. The third kappa shape index (κ3) is 6.62. The highest BCUT2D eigenvalue weighted by Gasteiger charge is 2.38. The van der Waals surface area contributed by atoms with Crippen LogP contribution in [0.2, 0.25) is 0 Å². The number of fused-ring (bicyclic) bond motifs is 1. The van der Waals surface area contributed by atoms with E-state index in [1.807, 2.05) is 40.7 Å². The average Bonchev–Trinajstić information content (AvgIpc) is 3.24. The van der Waals surface area contributed by atoms with Crippen molar-refractivity contribution in [2.24, 2.45) is 0 Å². The number of halogens is 2. The molecule has 10 heteroatoms. The van der Waals surface area contributed by atoms with Crippen molar-refractivity contribution in [2.45, 2.75) is 70.5 Å². The highest BCUT2D eigenvalue weighted by atomic mass is 19.3. The lowest BCUT2D eigenvalue weighted by atomic mass is 9.79. The molecule has 0 radical (unpaired) electrons. The molecule has 0 bridgehead atoms. The van der Waals surface area contributed by atoms with Crippen LogP contribution in [0.15, 0.2) is 47.3 Å². The molecule has 1 unspecified atom stereocenters. The number of hydrogen-bond donors (Lipinski definition) is 1. The molecule has 2 aromatic carbocycles. The van der Waals surface area contributed by atoms with Gasteiger partial charge >= 0.3 is 0 Å². The number of anilines is 1. The van der Waals surface area contributed by atoms with Gasteiger partial charge in [0, 0.05) is 50.5 Å². The van der Waals surface area contributed by atoms with E-state index in [0.29, 0.717) is 37.1 Å². The van der Waals surface area contributed by atoms with Crippen LogP contribution < -0.4 is 10.5 Å². The Morgan fingerprint density at radius 3 is 2.43 bits per heavy atom. The van der Waals surface area contributed by atoms with E-state index in [9.17, 15) is 18.7 Å². The van der Waals surface area contributed by atoms with Crippen LogP contribution in [-0.2, 0) is 12.1 Å². The number of phenolic OH excluding ortho intramolecular Hbond substituents is 1. The molecule has 0 spiro atoms. The Labute approximate surface area is 259 Å². The minimum atomic E-state index is -2.33. The van der Waals surface area contributed by atoms with E-state index in [1.54, 1.807) is 6.07 Å². The van der Waals surface area contributed by atoms with Crippen LogP contribution in [-0.4, -0.2) is 95.7 Å². The monoisotopic (exact) mass is 610 g/mol. The lowest BCUT2D eigenvalue weighted by molar-refractivity contribution is 0.0881. The second-order valence-corrected chi connectivity index (χ2v) is 12.6. The quantitative estimate of drug-likeness (QED) is 0.335. The summed E-state index contributed by atoms with van der Waals surface area (Å²) >= 11 is 0. The van der Waals surface area contributed by atoms with Crippen LogP contribution >= 0.6 is 0 Å². The molecule has 8 nitrogen and oxygen atoms in total. The van der Waals surface area contributed by atoms with Gasteiger partial charge in [-0.05, 0) is 89.1 Å². The normalized spacial score (nSPS) is 19.1. The Hall–Kier alpha value is -3.08. The molecular formula is C34H48F2N6O2. The average molecular weight is 611 g/mol. The van der Waals surface area contributed by atoms with Gasteiger partial charge in [0.1, 0.15) is 11.6 Å². The summed E-state index contributed by atoms with van der Waals surface area (Å²) < 4.78 is 28.0. The van der Waals surface area contributed by atoms with Gasteiger partial charge in [0.25, 0.3) is 12.0 Å². The summed E-state index contributed by atoms with van der Waals surface area (Å²) in [4.78, 5) is 27.9. The number of benzene rings is 2. The van der Waals surface area contributed by atoms with Gasteiger partial charge in [-0.3, -0.25) is 24.1 Å². The fraction of sp³-hybridized carbons (Fsp3) is 0.588. The Balaban J connectivity index is 1.41. The van der Waals surface area contributed by atoms with E-state index in [1.165, 1.54) is 0 Å². The summed E-state index contributed by atoms with van der Waals surface area (Å²) in [6.07, 6.45) is 2.05. The van der Waals surface area contributed by atoms with Gasteiger partial charge in [0.2, 0.25) is 0 Å². The van der Waals surface area contributed by atoms with E-state index in [0.717, 1.165) is 68.8 Å². The van der Waals surface area contributed by atoms with Crippen LogP contribution in [0.25, 0.3) is 10.9 Å². The third-order valence-electron chi connectivity index (χ3n) is 9.80. The van der Waals surface area contributed by atoms with Gasteiger partial charge in [0.05, 0.1) is 23.5 Å². The van der Waals surface area contributed by atoms with Crippen molar-refractivity contribution in [1.29, 1.82) is 0 Å². The number of nitrogens with zero attached hydrogens (tertiary/aromatic N) is 6. The van der Waals surface area contributed by atoms with Gasteiger partial charge in [-0.25, -0.2) is 13.8 Å². The Morgan fingerprint density at radius 2 is 1.77 bits per heavy atom. The standard InChI is InChI=1S/C34H48F2N6O2/c1-5-9-30(41-17-8-16-39(20-21-41)24-31(35)36)32-37-29-13-12-26(23-28(29)33(44)42(32)6-2)40-18-14-34(15-19-40,38(3)4)25-10-7-11-27(43)22-25/h7,10-13,22-23,30-31,43H,5-6,8-9,14-21,24H2,1-4H3. The molecule has 5 rings (SSSR count). The zero-order valence-corrected chi connectivity index (χ0v) is 26.7. The summed E-state index contributed by atoms with van der Waals surface area (Å²) in [5, 5.41) is 10.8. The number of hydrogen-bond acceptors (Lipinski definition) is 7. The summed E-state index contributed by atoms with van der Waals surface area (Å²) in [5.74, 6) is 1.06.